The van der Waals surface area contributed by atoms with Crippen molar-refractivity contribution in [2.45, 2.75) is 18.4 Å². The van der Waals surface area contributed by atoms with Crippen molar-refractivity contribution in [2.24, 2.45) is 0 Å². The number of aryl methyl sites for hydroxylation is 1. The van der Waals surface area contributed by atoms with Gasteiger partial charge in [-0.1, -0.05) is 54.6 Å². The average Bonchev–Trinajstić information content (AvgIpc) is 3.23. The second kappa shape index (κ2) is 9.41. The first-order chi connectivity index (χ1) is 15.1. The Morgan fingerprint density at radius 3 is 2.71 bits per heavy atom. The Morgan fingerprint density at radius 1 is 1.19 bits per heavy atom. The van der Waals surface area contributed by atoms with Crippen molar-refractivity contribution >= 4 is 40.5 Å². The van der Waals surface area contributed by atoms with Crippen LogP contribution in [-0.2, 0) is 11.2 Å². The lowest BCUT2D eigenvalue weighted by molar-refractivity contribution is -0.113. The molecule has 31 heavy (non-hydrogen) atoms. The number of anilines is 1. The van der Waals surface area contributed by atoms with Crippen LogP contribution in [-0.4, -0.2) is 33.4 Å². The number of benzene rings is 2. The molecule has 0 unspecified atom stereocenters. The molecule has 0 radical (unpaired) electrons. The lowest BCUT2D eigenvalue weighted by atomic mass is 10.1. The quantitative estimate of drug-likeness (QED) is 0.383. The summed E-state index contributed by atoms with van der Waals surface area (Å²) in [5.74, 6) is 0.623. The van der Waals surface area contributed by atoms with E-state index in [0.717, 1.165) is 28.2 Å². The van der Waals surface area contributed by atoms with E-state index in [9.17, 15) is 4.79 Å². The van der Waals surface area contributed by atoms with Gasteiger partial charge in [0.2, 0.25) is 5.91 Å². The summed E-state index contributed by atoms with van der Waals surface area (Å²) in [6.07, 6.45) is 4.50. The van der Waals surface area contributed by atoms with Crippen molar-refractivity contribution in [1.29, 1.82) is 0 Å². The van der Waals surface area contributed by atoms with Crippen LogP contribution in [0.15, 0.2) is 66.0 Å². The number of hydrogen-bond acceptors (Lipinski definition) is 5. The van der Waals surface area contributed by atoms with Crippen molar-refractivity contribution in [3.05, 3.63) is 71.5 Å². The highest BCUT2D eigenvalue weighted by molar-refractivity contribution is 8.00. The van der Waals surface area contributed by atoms with Gasteiger partial charge in [-0.2, -0.15) is 5.10 Å². The molecule has 0 saturated carbocycles. The zero-order valence-electron chi connectivity index (χ0n) is 17.1. The van der Waals surface area contributed by atoms with Gasteiger partial charge < -0.3 is 10.1 Å². The Labute approximate surface area is 189 Å². The van der Waals surface area contributed by atoms with Gasteiger partial charge in [0, 0.05) is 23.6 Å². The highest BCUT2D eigenvalue weighted by atomic mass is 35.5. The molecule has 1 N–H and O–H groups in total. The Bertz CT molecular complexity index is 1220. The van der Waals surface area contributed by atoms with Crippen molar-refractivity contribution in [3.63, 3.8) is 0 Å². The number of methoxy groups -OCH3 is 1. The van der Waals surface area contributed by atoms with Crippen LogP contribution in [0, 0.1) is 0 Å². The van der Waals surface area contributed by atoms with Gasteiger partial charge in [0.1, 0.15) is 10.8 Å². The van der Waals surface area contributed by atoms with Gasteiger partial charge in [-0.3, -0.25) is 4.79 Å². The molecule has 6 nitrogen and oxygen atoms in total. The number of rotatable bonds is 7. The molecule has 0 spiro atoms. The van der Waals surface area contributed by atoms with Crippen molar-refractivity contribution in [2.75, 3.05) is 18.2 Å². The molecular weight excluding hydrogens is 432 g/mol. The number of amides is 1. The molecule has 0 aliphatic rings. The molecule has 2 aromatic carbocycles. The predicted molar refractivity (Wildman–Crippen MR) is 125 cm³/mol. The van der Waals surface area contributed by atoms with E-state index in [1.807, 2.05) is 12.3 Å². The first kappa shape index (κ1) is 21.2. The number of carbonyl (C=O) groups excluding carboxylic acids is 1. The minimum absolute atomic E-state index is 0.148. The molecule has 2 heterocycles. The topological polar surface area (TPSA) is 68.5 Å². The van der Waals surface area contributed by atoms with E-state index in [-0.39, 0.29) is 11.7 Å². The molecule has 4 aromatic rings. The van der Waals surface area contributed by atoms with Crippen molar-refractivity contribution < 1.29 is 9.53 Å². The molecule has 0 aliphatic carbocycles. The lowest BCUT2D eigenvalue weighted by Crippen LogP contribution is -2.14. The van der Waals surface area contributed by atoms with Crippen LogP contribution in [0.5, 0.6) is 5.75 Å². The lowest BCUT2D eigenvalue weighted by Gasteiger charge is -2.08. The maximum Gasteiger partial charge on any atom is 0.234 e. The van der Waals surface area contributed by atoms with Crippen LogP contribution < -0.4 is 10.1 Å². The molecule has 8 heteroatoms. The fourth-order valence-corrected chi connectivity index (χ4v) is 4.17. The summed E-state index contributed by atoms with van der Waals surface area (Å²) in [5.41, 5.74) is 4.68. The molecule has 0 fully saturated rings. The van der Waals surface area contributed by atoms with E-state index >= 15 is 0 Å². The number of nitrogens with zero attached hydrogens (tertiary/aromatic N) is 3. The summed E-state index contributed by atoms with van der Waals surface area (Å²) in [7, 11) is 1.55. The molecule has 4 rings (SSSR count). The van der Waals surface area contributed by atoms with Gasteiger partial charge in [0.25, 0.3) is 0 Å². The zero-order chi connectivity index (χ0) is 21.8. The minimum atomic E-state index is -0.148. The number of ether oxygens (including phenoxy) is 1. The first-order valence-electron chi connectivity index (χ1n) is 9.77. The standard InChI is InChI=1S/C23H21ClN4O2S/c1-3-15-4-6-16(7-5-15)19-13-20-23(25-10-11-28(20)27-19)31-14-22(29)26-17-8-9-21(30-2)18(24)12-17/h4-13H,3,14H2,1-2H3,(H,26,29). The minimum Gasteiger partial charge on any atom is -0.495 e. The Hall–Kier alpha value is -3.03. The summed E-state index contributed by atoms with van der Waals surface area (Å²) in [4.78, 5) is 16.9. The van der Waals surface area contributed by atoms with Crippen molar-refractivity contribution in [3.8, 4) is 17.0 Å². The highest BCUT2D eigenvalue weighted by Gasteiger charge is 2.12. The van der Waals surface area contributed by atoms with Gasteiger partial charge in [-0.05, 0) is 36.2 Å². The van der Waals surface area contributed by atoms with E-state index in [2.05, 4.69) is 46.6 Å². The zero-order valence-corrected chi connectivity index (χ0v) is 18.7. The summed E-state index contributed by atoms with van der Waals surface area (Å²) in [6, 6.07) is 15.5. The van der Waals surface area contributed by atoms with E-state index in [4.69, 9.17) is 16.3 Å². The monoisotopic (exact) mass is 452 g/mol. The third-order valence-electron chi connectivity index (χ3n) is 4.79. The fourth-order valence-electron chi connectivity index (χ4n) is 3.14. The molecule has 2 aromatic heterocycles. The normalized spacial score (nSPS) is 10.9. The number of carbonyl (C=O) groups is 1. The maximum absolute atomic E-state index is 12.4. The largest absolute Gasteiger partial charge is 0.495 e. The molecular formula is C23H21ClN4O2S. The van der Waals surface area contributed by atoms with Crippen molar-refractivity contribution in [1.82, 2.24) is 14.6 Å². The summed E-state index contributed by atoms with van der Waals surface area (Å²) in [5, 5.41) is 8.69. The molecule has 0 atom stereocenters. The van der Waals surface area contributed by atoms with Gasteiger partial charge in [-0.25, -0.2) is 9.50 Å². The molecule has 0 aliphatic heterocycles. The van der Waals surface area contributed by atoms with Gasteiger partial charge in [0.15, 0.2) is 0 Å². The van der Waals surface area contributed by atoms with Gasteiger partial charge in [0.05, 0.1) is 29.1 Å². The van der Waals surface area contributed by atoms with Crippen LogP contribution in [0.4, 0.5) is 5.69 Å². The second-order valence-electron chi connectivity index (χ2n) is 6.83. The highest BCUT2D eigenvalue weighted by Crippen LogP contribution is 2.28. The predicted octanol–water partition coefficient (Wildman–Crippen LogP) is 5.35. The fraction of sp³-hybridized carbons (Fsp3) is 0.174. The number of fused-ring (bicyclic) bond motifs is 1. The molecule has 0 bridgehead atoms. The van der Waals surface area contributed by atoms with E-state index in [0.29, 0.717) is 16.5 Å². The smallest absolute Gasteiger partial charge is 0.234 e. The number of nitrogens with one attached hydrogen (secondary N) is 1. The SMILES string of the molecule is CCc1ccc(-c2cc3c(SCC(=O)Nc4ccc(OC)c(Cl)c4)nccn3n2)cc1. The van der Waals surface area contributed by atoms with E-state index in [1.165, 1.54) is 17.3 Å². The third-order valence-corrected chi connectivity index (χ3v) is 6.08. The maximum atomic E-state index is 12.4. The third kappa shape index (κ3) is 4.84. The van der Waals surface area contributed by atoms with Crippen LogP contribution in [0.2, 0.25) is 5.02 Å². The number of aromatic nitrogens is 3. The first-order valence-corrected chi connectivity index (χ1v) is 11.1. The van der Waals surface area contributed by atoms with Crippen LogP contribution in [0.25, 0.3) is 16.8 Å². The average molecular weight is 453 g/mol. The van der Waals surface area contributed by atoms with Gasteiger partial charge >= 0.3 is 0 Å². The van der Waals surface area contributed by atoms with E-state index < -0.39 is 0 Å². The van der Waals surface area contributed by atoms with Crippen LogP contribution in [0.3, 0.4) is 0 Å². The van der Waals surface area contributed by atoms with E-state index in [1.54, 1.807) is 36.0 Å². The second-order valence-corrected chi connectivity index (χ2v) is 8.20. The molecule has 158 valence electrons. The molecule has 0 saturated heterocycles. The molecule has 1 amide bonds. The summed E-state index contributed by atoms with van der Waals surface area (Å²) in [6.45, 7) is 2.13. The number of thioether (sulfide) groups is 1. The Balaban J connectivity index is 1.47. The number of hydrogen-bond donors (Lipinski definition) is 1. The van der Waals surface area contributed by atoms with Gasteiger partial charge in [-0.15, -0.1) is 0 Å². The number of halogens is 1. The summed E-state index contributed by atoms with van der Waals surface area (Å²) < 4.78 is 6.92. The summed E-state index contributed by atoms with van der Waals surface area (Å²) >= 11 is 7.48. The Morgan fingerprint density at radius 2 is 2.00 bits per heavy atom. The van der Waals surface area contributed by atoms with Crippen LogP contribution in [0.1, 0.15) is 12.5 Å². The van der Waals surface area contributed by atoms with Crippen LogP contribution >= 0.6 is 23.4 Å². The Kier molecular flexibility index (Phi) is 6.44.